The third-order valence-corrected chi connectivity index (χ3v) is 4.09. The Hall–Kier alpha value is -1.07. The zero-order valence-electron chi connectivity index (χ0n) is 10.9. The first-order valence-electron chi connectivity index (χ1n) is 6.40. The molecule has 1 saturated carbocycles. The maximum atomic E-state index is 11.1. The number of carboxylic acid groups (broad SMARTS) is 1. The van der Waals surface area contributed by atoms with E-state index >= 15 is 0 Å². The van der Waals surface area contributed by atoms with Gasteiger partial charge in [-0.1, -0.05) is 12.5 Å². The van der Waals surface area contributed by atoms with Crippen LogP contribution >= 0.6 is 15.9 Å². The van der Waals surface area contributed by atoms with Gasteiger partial charge in [-0.15, -0.1) is 0 Å². The minimum absolute atomic E-state index is 0.527. The Labute approximate surface area is 121 Å². The second-order valence-corrected chi connectivity index (χ2v) is 5.94. The molecule has 0 aliphatic heterocycles. The predicted octanol–water partition coefficient (Wildman–Crippen LogP) is 3.02. The van der Waals surface area contributed by atoms with Crippen LogP contribution in [0, 0.1) is 12.8 Å². The van der Waals surface area contributed by atoms with E-state index in [9.17, 15) is 4.79 Å². The summed E-state index contributed by atoms with van der Waals surface area (Å²) in [6.07, 6.45) is 3.62. The summed E-state index contributed by atoms with van der Waals surface area (Å²) < 4.78 is 6.57. The van der Waals surface area contributed by atoms with Crippen LogP contribution in [0.25, 0.3) is 0 Å². The highest BCUT2D eigenvalue weighted by Gasteiger charge is 2.24. The highest BCUT2D eigenvalue weighted by atomic mass is 79.9. The molecule has 3 N–H and O–H groups in total. The first-order valence-corrected chi connectivity index (χ1v) is 7.19. The van der Waals surface area contributed by atoms with Crippen molar-refractivity contribution >= 4 is 21.9 Å². The number of nitrogens with two attached hydrogens (primary N) is 1. The second-order valence-electron chi connectivity index (χ2n) is 5.09. The largest absolute Gasteiger partial charge is 0.492 e. The van der Waals surface area contributed by atoms with Gasteiger partial charge in [0.05, 0.1) is 11.1 Å². The number of ether oxygens (including phenoxy) is 1. The fourth-order valence-corrected chi connectivity index (χ4v) is 2.84. The normalized spacial score (nSPS) is 16.8. The van der Waals surface area contributed by atoms with Gasteiger partial charge in [0.15, 0.2) is 0 Å². The average molecular weight is 328 g/mol. The van der Waals surface area contributed by atoms with Crippen LogP contribution in [0.4, 0.5) is 0 Å². The highest BCUT2D eigenvalue weighted by molar-refractivity contribution is 9.10. The van der Waals surface area contributed by atoms with Crippen molar-refractivity contribution in [2.24, 2.45) is 11.7 Å². The molecule has 0 heterocycles. The molecule has 2 rings (SSSR count). The molecule has 0 bridgehead atoms. The average Bonchev–Trinajstić information content (AvgIpc) is 2.27. The number of benzene rings is 1. The fourth-order valence-electron chi connectivity index (χ4n) is 2.13. The van der Waals surface area contributed by atoms with Crippen LogP contribution in [-0.2, 0) is 4.79 Å². The minimum Gasteiger partial charge on any atom is -0.492 e. The van der Waals surface area contributed by atoms with E-state index in [0.29, 0.717) is 23.8 Å². The lowest BCUT2D eigenvalue weighted by Gasteiger charge is -2.26. The summed E-state index contributed by atoms with van der Waals surface area (Å²) in [6, 6.07) is 2.63. The number of carbonyl (C=O) groups is 1. The molecule has 0 aromatic heterocycles. The predicted molar refractivity (Wildman–Crippen MR) is 76.3 cm³/mol. The van der Waals surface area contributed by atoms with Crippen LogP contribution in [-0.4, -0.2) is 17.7 Å². The van der Waals surface area contributed by atoms with E-state index in [-0.39, 0.29) is 0 Å². The lowest BCUT2D eigenvalue weighted by molar-refractivity contribution is -0.138. The Kier molecular flexibility index (Phi) is 4.47. The lowest BCUT2D eigenvalue weighted by Crippen LogP contribution is -2.24. The molecule has 0 radical (unpaired) electrons. The Morgan fingerprint density at radius 1 is 1.58 bits per heavy atom. The Morgan fingerprint density at radius 3 is 2.79 bits per heavy atom. The first kappa shape index (κ1) is 14.3. The molecule has 5 heteroatoms. The van der Waals surface area contributed by atoms with Crippen molar-refractivity contribution in [3.05, 3.63) is 27.7 Å². The summed E-state index contributed by atoms with van der Waals surface area (Å²) in [6.45, 7) is 2.53. The van der Waals surface area contributed by atoms with Crippen LogP contribution in [0.3, 0.4) is 0 Å². The number of aryl methyl sites for hydroxylation is 1. The smallest absolute Gasteiger partial charge is 0.325 e. The van der Waals surface area contributed by atoms with Crippen molar-refractivity contribution < 1.29 is 14.6 Å². The number of hydrogen-bond donors (Lipinski definition) is 2. The third-order valence-electron chi connectivity index (χ3n) is 3.51. The van der Waals surface area contributed by atoms with E-state index in [1.54, 1.807) is 6.07 Å². The van der Waals surface area contributed by atoms with Gasteiger partial charge in [0, 0.05) is 5.56 Å². The van der Waals surface area contributed by atoms with Gasteiger partial charge in [-0.25, -0.2) is 0 Å². The van der Waals surface area contributed by atoms with Gasteiger partial charge >= 0.3 is 5.97 Å². The molecule has 1 fully saturated rings. The van der Waals surface area contributed by atoms with Crippen molar-refractivity contribution in [2.45, 2.75) is 32.2 Å². The maximum Gasteiger partial charge on any atom is 0.325 e. The van der Waals surface area contributed by atoms with Crippen molar-refractivity contribution in [3.8, 4) is 5.75 Å². The van der Waals surface area contributed by atoms with E-state index in [0.717, 1.165) is 10.0 Å². The molecule has 1 aromatic rings. The van der Waals surface area contributed by atoms with E-state index in [1.165, 1.54) is 19.3 Å². The van der Waals surface area contributed by atoms with Crippen molar-refractivity contribution in [2.75, 3.05) is 6.61 Å². The molecule has 1 aromatic carbocycles. The monoisotopic (exact) mass is 327 g/mol. The van der Waals surface area contributed by atoms with Crippen LogP contribution in [0.1, 0.15) is 36.4 Å². The summed E-state index contributed by atoms with van der Waals surface area (Å²) in [7, 11) is 0. The maximum absolute atomic E-state index is 11.1. The lowest BCUT2D eigenvalue weighted by atomic mass is 9.86. The molecule has 19 heavy (non-hydrogen) atoms. The topological polar surface area (TPSA) is 72.5 Å². The molecule has 0 spiro atoms. The van der Waals surface area contributed by atoms with Crippen molar-refractivity contribution in [3.63, 3.8) is 0 Å². The van der Waals surface area contributed by atoms with Crippen molar-refractivity contribution in [1.29, 1.82) is 0 Å². The first-order chi connectivity index (χ1) is 8.99. The van der Waals surface area contributed by atoms with Crippen LogP contribution in [0.2, 0.25) is 0 Å². The van der Waals surface area contributed by atoms with Crippen LogP contribution in [0.15, 0.2) is 16.6 Å². The molecule has 4 nitrogen and oxygen atoms in total. The molecule has 1 aliphatic carbocycles. The zero-order chi connectivity index (χ0) is 14.0. The zero-order valence-corrected chi connectivity index (χ0v) is 12.4. The van der Waals surface area contributed by atoms with Gasteiger partial charge in [-0.3, -0.25) is 4.79 Å². The van der Waals surface area contributed by atoms with Gasteiger partial charge in [-0.05, 0) is 53.2 Å². The quantitative estimate of drug-likeness (QED) is 0.871. The molecular weight excluding hydrogens is 310 g/mol. The van der Waals surface area contributed by atoms with E-state index in [1.807, 2.05) is 13.0 Å². The molecule has 1 atom stereocenters. The summed E-state index contributed by atoms with van der Waals surface area (Å²) in [5.41, 5.74) is 7.21. The SMILES string of the molecule is Cc1cc(Br)c(OCC2CCC2)c(C(N)C(=O)O)c1. The standard InChI is InChI=1S/C14H18BrNO3/c1-8-5-10(12(16)14(17)18)13(11(15)6-8)19-7-9-3-2-4-9/h5-6,9,12H,2-4,7,16H2,1H3,(H,17,18). The van der Waals surface area contributed by atoms with E-state index < -0.39 is 12.0 Å². The Bertz CT molecular complexity index is 486. The van der Waals surface area contributed by atoms with Gasteiger partial charge < -0.3 is 15.6 Å². The van der Waals surface area contributed by atoms with Crippen LogP contribution in [0.5, 0.6) is 5.75 Å². The number of hydrogen-bond acceptors (Lipinski definition) is 3. The number of aliphatic carboxylic acids is 1. The Morgan fingerprint density at radius 2 is 2.26 bits per heavy atom. The number of halogens is 1. The molecule has 104 valence electrons. The summed E-state index contributed by atoms with van der Waals surface area (Å²) in [5, 5.41) is 9.08. The second kappa shape index (κ2) is 5.92. The molecule has 1 aliphatic rings. The van der Waals surface area contributed by atoms with E-state index in [4.69, 9.17) is 15.6 Å². The van der Waals surface area contributed by atoms with Crippen molar-refractivity contribution in [1.82, 2.24) is 0 Å². The summed E-state index contributed by atoms with van der Waals surface area (Å²) >= 11 is 3.43. The summed E-state index contributed by atoms with van der Waals surface area (Å²) in [5.74, 6) is 0.0977. The molecule has 1 unspecified atom stereocenters. The van der Waals surface area contributed by atoms with Crippen LogP contribution < -0.4 is 10.5 Å². The molecule has 0 saturated heterocycles. The molecular formula is C14H18BrNO3. The third kappa shape index (κ3) is 3.28. The Balaban J connectivity index is 2.24. The summed E-state index contributed by atoms with van der Waals surface area (Å²) in [4.78, 5) is 11.1. The number of carboxylic acids is 1. The molecule has 0 amide bonds. The van der Waals surface area contributed by atoms with Gasteiger partial charge in [0.25, 0.3) is 0 Å². The number of rotatable bonds is 5. The van der Waals surface area contributed by atoms with E-state index in [2.05, 4.69) is 15.9 Å². The minimum atomic E-state index is -1.06. The fraction of sp³-hybridized carbons (Fsp3) is 0.500. The van der Waals surface area contributed by atoms with Gasteiger partial charge in [0.2, 0.25) is 0 Å². The van der Waals surface area contributed by atoms with Gasteiger partial charge in [0.1, 0.15) is 11.8 Å². The van der Waals surface area contributed by atoms with Gasteiger partial charge in [-0.2, -0.15) is 0 Å². The highest BCUT2D eigenvalue weighted by Crippen LogP contribution is 2.36.